The molecule has 6 heteroatoms. The van der Waals surface area contributed by atoms with Gasteiger partial charge in [0.15, 0.2) is 6.10 Å². The monoisotopic (exact) mass is 220 g/mol. The lowest BCUT2D eigenvalue weighted by atomic mass is 10.1. The molecule has 1 atom stereocenters. The molecule has 0 aliphatic carbocycles. The smallest absolute Gasteiger partial charge is 0.363 e. The summed E-state index contributed by atoms with van der Waals surface area (Å²) in [5, 5.41) is 0. The predicted molar refractivity (Wildman–Crippen MR) is 41.3 cm³/mol. The second-order valence-electron chi connectivity index (χ2n) is 3.38. The molecule has 0 rings (SSSR count). The van der Waals surface area contributed by atoms with E-state index in [4.69, 9.17) is 0 Å². The molecule has 0 heterocycles. The van der Waals surface area contributed by atoms with Gasteiger partial charge in [0, 0.05) is 0 Å². The standard InChI is InChI=1S/C8H13F5O/c1-5(2)3-6(8(11,12)13)14-4-7(9)10/h5-7H,3-4H2,1-2H3/t6-/m1/s1. The summed E-state index contributed by atoms with van der Waals surface area (Å²) in [4.78, 5) is 0. The van der Waals surface area contributed by atoms with Crippen molar-refractivity contribution in [1.29, 1.82) is 0 Å². The van der Waals surface area contributed by atoms with Crippen LogP contribution in [0.25, 0.3) is 0 Å². The van der Waals surface area contributed by atoms with Crippen LogP contribution in [0, 0.1) is 5.92 Å². The number of alkyl halides is 5. The molecule has 0 aliphatic rings. The summed E-state index contributed by atoms with van der Waals surface area (Å²) in [5.74, 6) is -0.251. The highest BCUT2D eigenvalue weighted by Gasteiger charge is 2.41. The summed E-state index contributed by atoms with van der Waals surface area (Å²) in [6.07, 6.45) is -9.82. The molecule has 0 saturated heterocycles. The normalized spacial score (nSPS) is 15.2. The van der Waals surface area contributed by atoms with Gasteiger partial charge in [0.2, 0.25) is 0 Å². The summed E-state index contributed by atoms with van der Waals surface area (Å²) in [6.45, 7) is 1.98. The number of halogens is 5. The molecular formula is C8H13F5O. The van der Waals surface area contributed by atoms with Crippen molar-refractivity contribution >= 4 is 0 Å². The Morgan fingerprint density at radius 1 is 1.14 bits per heavy atom. The zero-order chi connectivity index (χ0) is 11.4. The predicted octanol–water partition coefficient (Wildman–Crippen LogP) is 3.25. The van der Waals surface area contributed by atoms with Gasteiger partial charge in [0.05, 0.1) is 0 Å². The van der Waals surface area contributed by atoms with Gasteiger partial charge in [-0.25, -0.2) is 8.78 Å². The maximum absolute atomic E-state index is 12.2. The molecule has 0 amide bonds. The molecule has 0 aromatic carbocycles. The van der Waals surface area contributed by atoms with Crippen molar-refractivity contribution < 1.29 is 26.7 Å². The van der Waals surface area contributed by atoms with Gasteiger partial charge >= 0.3 is 6.18 Å². The zero-order valence-corrected chi connectivity index (χ0v) is 7.94. The van der Waals surface area contributed by atoms with Gasteiger partial charge < -0.3 is 4.74 Å². The fourth-order valence-electron chi connectivity index (χ4n) is 0.913. The quantitative estimate of drug-likeness (QED) is 0.646. The molecule has 0 radical (unpaired) electrons. The third kappa shape index (κ3) is 6.12. The fourth-order valence-corrected chi connectivity index (χ4v) is 0.913. The first-order valence-corrected chi connectivity index (χ1v) is 4.20. The van der Waals surface area contributed by atoms with Crippen LogP contribution in [0.1, 0.15) is 20.3 Å². The first-order valence-electron chi connectivity index (χ1n) is 4.20. The van der Waals surface area contributed by atoms with Crippen LogP contribution in [0.3, 0.4) is 0 Å². The van der Waals surface area contributed by atoms with Crippen molar-refractivity contribution in [2.75, 3.05) is 6.61 Å². The van der Waals surface area contributed by atoms with Crippen molar-refractivity contribution in [2.45, 2.75) is 39.0 Å². The van der Waals surface area contributed by atoms with Crippen LogP contribution in [-0.2, 0) is 4.74 Å². The van der Waals surface area contributed by atoms with Crippen LogP contribution < -0.4 is 0 Å². The topological polar surface area (TPSA) is 9.23 Å². The van der Waals surface area contributed by atoms with E-state index in [9.17, 15) is 22.0 Å². The van der Waals surface area contributed by atoms with Gasteiger partial charge in [-0.3, -0.25) is 0 Å². The van der Waals surface area contributed by atoms with Crippen molar-refractivity contribution in [3.63, 3.8) is 0 Å². The molecule has 0 aromatic rings. The Hall–Kier alpha value is -0.390. The molecule has 0 aromatic heterocycles. The summed E-state index contributed by atoms with van der Waals surface area (Å²) in [5.41, 5.74) is 0. The van der Waals surface area contributed by atoms with E-state index in [1.54, 1.807) is 13.8 Å². The number of rotatable bonds is 5. The molecule has 0 N–H and O–H groups in total. The molecule has 0 spiro atoms. The van der Waals surface area contributed by atoms with Crippen LogP contribution in [-0.4, -0.2) is 25.3 Å². The van der Waals surface area contributed by atoms with E-state index in [-0.39, 0.29) is 12.3 Å². The molecule has 1 nitrogen and oxygen atoms in total. The summed E-state index contributed by atoms with van der Waals surface area (Å²) in [6, 6.07) is 0. The highest BCUT2D eigenvalue weighted by atomic mass is 19.4. The third-order valence-corrected chi connectivity index (χ3v) is 1.47. The Balaban J connectivity index is 4.12. The van der Waals surface area contributed by atoms with Crippen LogP contribution in [0.5, 0.6) is 0 Å². The maximum Gasteiger partial charge on any atom is 0.414 e. The van der Waals surface area contributed by atoms with E-state index in [0.29, 0.717) is 0 Å². The first kappa shape index (κ1) is 13.6. The average Bonchev–Trinajstić information content (AvgIpc) is 1.94. The highest BCUT2D eigenvalue weighted by molar-refractivity contribution is 4.69. The Morgan fingerprint density at radius 2 is 1.64 bits per heavy atom. The van der Waals surface area contributed by atoms with Crippen LogP contribution in [0.2, 0.25) is 0 Å². The summed E-state index contributed by atoms with van der Waals surface area (Å²) >= 11 is 0. The van der Waals surface area contributed by atoms with Crippen molar-refractivity contribution in [1.82, 2.24) is 0 Å². The van der Waals surface area contributed by atoms with E-state index in [0.717, 1.165) is 0 Å². The van der Waals surface area contributed by atoms with E-state index >= 15 is 0 Å². The Bertz CT molecular complexity index is 154. The minimum absolute atomic E-state index is 0.251. The van der Waals surface area contributed by atoms with Gasteiger partial charge in [-0.1, -0.05) is 13.8 Å². The molecule has 14 heavy (non-hydrogen) atoms. The lowest BCUT2D eigenvalue weighted by Gasteiger charge is -2.22. The largest absolute Gasteiger partial charge is 0.414 e. The highest BCUT2D eigenvalue weighted by Crippen LogP contribution is 2.28. The maximum atomic E-state index is 12.2. The number of hydrogen-bond acceptors (Lipinski definition) is 1. The second-order valence-corrected chi connectivity index (χ2v) is 3.38. The van der Waals surface area contributed by atoms with Crippen LogP contribution >= 0.6 is 0 Å². The molecular weight excluding hydrogens is 207 g/mol. The van der Waals surface area contributed by atoms with E-state index in [2.05, 4.69) is 4.74 Å². The lowest BCUT2D eigenvalue weighted by Crippen LogP contribution is -2.34. The molecule has 0 bridgehead atoms. The zero-order valence-electron chi connectivity index (χ0n) is 7.94. The molecule has 0 unspecified atom stereocenters. The van der Waals surface area contributed by atoms with Crippen molar-refractivity contribution in [3.05, 3.63) is 0 Å². The van der Waals surface area contributed by atoms with Crippen LogP contribution in [0.4, 0.5) is 22.0 Å². The number of hydrogen-bond donors (Lipinski definition) is 0. The molecule has 0 saturated carbocycles. The Labute approximate surface area is 79.2 Å². The first-order chi connectivity index (χ1) is 6.23. The Kier molecular flexibility index (Phi) is 5.33. The van der Waals surface area contributed by atoms with E-state index in [1.807, 2.05) is 0 Å². The lowest BCUT2D eigenvalue weighted by molar-refractivity contribution is -0.231. The van der Waals surface area contributed by atoms with Gasteiger partial charge in [0.1, 0.15) is 6.61 Å². The minimum atomic E-state index is -4.57. The van der Waals surface area contributed by atoms with Crippen LogP contribution in [0.15, 0.2) is 0 Å². The second kappa shape index (κ2) is 5.48. The van der Waals surface area contributed by atoms with Gasteiger partial charge in [-0.2, -0.15) is 13.2 Å². The number of ether oxygens (including phenoxy) is 1. The minimum Gasteiger partial charge on any atom is -0.363 e. The summed E-state index contributed by atoms with van der Waals surface area (Å²) in [7, 11) is 0. The fraction of sp³-hybridized carbons (Fsp3) is 1.00. The molecule has 0 fully saturated rings. The Morgan fingerprint density at radius 3 is 1.93 bits per heavy atom. The summed E-state index contributed by atoms with van der Waals surface area (Å²) < 4.78 is 63.8. The molecule has 0 aliphatic heterocycles. The third-order valence-electron chi connectivity index (χ3n) is 1.47. The van der Waals surface area contributed by atoms with Gasteiger partial charge in [-0.05, 0) is 12.3 Å². The van der Waals surface area contributed by atoms with E-state index < -0.39 is 25.3 Å². The van der Waals surface area contributed by atoms with Gasteiger partial charge in [0.25, 0.3) is 6.43 Å². The van der Waals surface area contributed by atoms with Crippen molar-refractivity contribution in [3.8, 4) is 0 Å². The van der Waals surface area contributed by atoms with Crippen molar-refractivity contribution in [2.24, 2.45) is 5.92 Å². The molecule has 86 valence electrons. The van der Waals surface area contributed by atoms with Gasteiger partial charge in [-0.15, -0.1) is 0 Å². The average molecular weight is 220 g/mol. The van der Waals surface area contributed by atoms with E-state index in [1.165, 1.54) is 0 Å². The SMILES string of the molecule is CC(C)C[C@@H](OCC(F)F)C(F)(F)F.